The molecule has 1 aliphatic carbocycles. The van der Waals surface area contributed by atoms with Crippen LogP contribution < -0.4 is 5.32 Å². The molecule has 1 atom stereocenters. The molecule has 1 saturated carbocycles. The van der Waals surface area contributed by atoms with E-state index in [0.717, 1.165) is 43.6 Å². The third-order valence-corrected chi connectivity index (χ3v) is 4.94. The predicted octanol–water partition coefficient (Wildman–Crippen LogP) is 3.33. The minimum atomic E-state index is -4.49. The molecule has 5 nitrogen and oxygen atoms in total. The van der Waals surface area contributed by atoms with Crippen molar-refractivity contribution in [1.29, 1.82) is 0 Å². The van der Waals surface area contributed by atoms with Crippen LogP contribution in [0.25, 0.3) is 11.3 Å². The van der Waals surface area contributed by atoms with Crippen LogP contribution in [-0.2, 0) is 17.5 Å². The van der Waals surface area contributed by atoms with Gasteiger partial charge in [0.15, 0.2) is 0 Å². The number of hydrogen-bond acceptors (Lipinski definition) is 3. The summed E-state index contributed by atoms with van der Waals surface area (Å²) in [5.41, 5.74) is 0.736. The van der Waals surface area contributed by atoms with Gasteiger partial charge in [0.05, 0.1) is 17.4 Å². The van der Waals surface area contributed by atoms with Crippen molar-refractivity contribution in [3.8, 4) is 11.3 Å². The van der Waals surface area contributed by atoms with Gasteiger partial charge in [0, 0.05) is 24.2 Å². The van der Waals surface area contributed by atoms with E-state index in [9.17, 15) is 18.0 Å². The molecule has 0 spiro atoms. The first-order chi connectivity index (χ1) is 11.9. The molecule has 1 unspecified atom stereocenters. The van der Waals surface area contributed by atoms with Gasteiger partial charge in [-0.1, -0.05) is 6.42 Å². The van der Waals surface area contributed by atoms with Gasteiger partial charge in [-0.05, 0) is 37.5 Å². The smallest absolute Gasteiger partial charge is 0.347 e. The summed E-state index contributed by atoms with van der Waals surface area (Å²) in [5.74, 6) is 0.168. The van der Waals surface area contributed by atoms with Crippen molar-refractivity contribution in [3.05, 3.63) is 35.8 Å². The molecule has 1 amide bonds. The van der Waals surface area contributed by atoms with E-state index in [4.69, 9.17) is 0 Å². The lowest BCUT2D eigenvalue weighted by Crippen LogP contribution is -2.36. The minimum absolute atomic E-state index is 0.0655. The van der Waals surface area contributed by atoms with Crippen LogP contribution >= 0.6 is 0 Å². The van der Waals surface area contributed by atoms with Gasteiger partial charge in [0.25, 0.3) is 0 Å². The molecule has 2 aliphatic rings. The van der Waals surface area contributed by atoms with Crippen LogP contribution in [-0.4, -0.2) is 20.7 Å². The quantitative estimate of drug-likeness (QED) is 0.924. The number of carbonyl (C=O) groups is 1. The second-order valence-electron chi connectivity index (χ2n) is 6.58. The lowest BCUT2D eigenvalue weighted by Gasteiger charge is -2.25. The molecular formula is C17H17F3N4O. The SMILES string of the molecule is O=C(NC1CCn2nc(-c3ccnc(C(F)(F)F)c3)cc21)C1CCC1. The van der Waals surface area contributed by atoms with Crippen molar-refractivity contribution >= 4 is 5.91 Å². The number of aryl methyl sites for hydroxylation is 1. The number of nitrogens with one attached hydrogen (secondary N) is 1. The first-order valence-corrected chi connectivity index (χ1v) is 8.33. The first-order valence-electron chi connectivity index (χ1n) is 8.33. The van der Waals surface area contributed by atoms with Gasteiger partial charge in [-0.2, -0.15) is 18.3 Å². The van der Waals surface area contributed by atoms with Crippen LogP contribution in [0.1, 0.15) is 43.1 Å². The molecule has 1 aliphatic heterocycles. The van der Waals surface area contributed by atoms with E-state index < -0.39 is 11.9 Å². The number of halogens is 3. The summed E-state index contributed by atoms with van der Waals surface area (Å²) < 4.78 is 40.2. The number of fused-ring (bicyclic) bond motifs is 1. The van der Waals surface area contributed by atoms with E-state index in [1.807, 2.05) is 0 Å². The van der Waals surface area contributed by atoms with Gasteiger partial charge in [-0.25, -0.2) is 0 Å². The van der Waals surface area contributed by atoms with Crippen LogP contribution in [0.3, 0.4) is 0 Å². The Hall–Kier alpha value is -2.38. The zero-order valence-electron chi connectivity index (χ0n) is 13.4. The standard InChI is InChI=1S/C17H17F3N4O/c18-17(19,20)15-8-11(4-6-21-15)13-9-14-12(5-7-24(14)23-13)22-16(25)10-2-1-3-10/h4,6,8-10,12H,1-3,5,7H2,(H,22,25). The van der Waals surface area contributed by atoms with E-state index in [0.29, 0.717) is 17.8 Å². The van der Waals surface area contributed by atoms with Crippen molar-refractivity contribution in [2.24, 2.45) is 5.92 Å². The monoisotopic (exact) mass is 350 g/mol. The molecule has 0 bridgehead atoms. The van der Waals surface area contributed by atoms with E-state index in [-0.39, 0.29) is 17.9 Å². The number of hydrogen-bond donors (Lipinski definition) is 1. The fourth-order valence-electron chi connectivity index (χ4n) is 3.28. The van der Waals surface area contributed by atoms with Gasteiger partial charge < -0.3 is 5.32 Å². The molecule has 8 heteroatoms. The van der Waals surface area contributed by atoms with E-state index in [1.165, 1.54) is 6.07 Å². The van der Waals surface area contributed by atoms with Crippen LogP contribution in [0.5, 0.6) is 0 Å². The zero-order valence-corrected chi connectivity index (χ0v) is 13.4. The molecule has 2 aromatic heterocycles. The van der Waals surface area contributed by atoms with Crippen molar-refractivity contribution in [2.45, 2.75) is 44.4 Å². The number of amides is 1. The molecule has 0 radical (unpaired) electrons. The van der Waals surface area contributed by atoms with E-state index >= 15 is 0 Å². The molecule has 3 heterocycles. The molecule has 1 fully saturated rings. The molecule has 25 heavy (non-hydrogen) atoms. The Bertz CT molecular complexity index is 810. The normalized spacial score (nSPS) is 20.2. The van der Waals surface area contributed by atoms with E-state index in [1.54, 1.807) is 10.7 Å². The number of carbonyl (C=O) groups excluding carboxylic acids is 1. The second kappa shape index (κ2) is 5.86. The second-order valence-corrected chi connectivity index (χ2v) is 6.58. The van der Waals surface area contributed by atoms with Gasteiger partial charge in [0.2, 0.25) is 5.91 Å². The molecular weight excluding hydrogens is 333 g/mol. The summed E-state index contributed by atoms with van der Waals surface area (Å²) in [6, 6.07) is 4.14. The maximum Gasteiger partial charge on any atom is 0.433 e. The third-order valence-electron chi connectivity index (χ3n) is 4.94. The predicted molar refractivity (Wildman–Crippen MR) is 83.3 cm³/mol. The summed E-state index contributed by atoms with van der Waals surface area (Å²) in [7, 11) is 0. The number of nitrogens with zero attached hydrogens (tertiary/aromatic N) is 3. The van der Waals surface area contributed by atoms with E-state index in [2.05, 4.69) is 15.4 Å². The summed E-state index contributed by atoms with van der Waals surface area (Å²) in [5, 5.41) is 7.44. The number of pyridine rings is 1. The molecule has 0 aromatic carbocycles. The van der Waals surface area contributed by atoms with Crippen LogP contribution in [0, 0.1) is 5.92 Å². The molecule has 2 aromatic rings. The number of alkyl halides is 3. The Kier molecular flexibility index (Phi) is 3.77. The van der Waals surface area contributed by atoms with Gasteiger partial charge in [0.1, 0.15) is 5.69 Å². The topological polar surface area (TPSA) is 59.8 Å². The fraction of sp³-hybridized carbons (Fsp3) is 0.471. The maximum atomic E-state index is 12.8. The highest BCUT2D eigenvalue weighted by atomic mass is 19.4. The molecule has 1 N–H and O–H groups in total. The first kappa shape index (κ1) is 16.1. The van der Waals surface area contributed by atoms with Crippen molar-refractivity contribution in [1.82, 2.24) is 20.1 Å². The molecule has 4 rings (SSSR count). The fourth-order valence-corrected chi connectivity index (χ4v) is 3.28. The largest absolute Gasteiger partial charge is 0.433 e. The minimum Gasteiger partial charge on any atom is -0.347 e. The third kappa shape index (κ3) is 3.01. The number of rotatable bonds is 3. The van der Waals surface area contributed by atoms with Crippen molar-refractivity contribution in [2.75, 3.05) is 0 Å². The molecule has 0 saturated heterocycles. The average molecular weight is 350 g/mol. The van der Waals surface area contributed by atoms with Crippen LogP contribution in [0.2, 0.25) is 0 Å². The summed E-state index contributed by atoms with van der Waals surface area (Å²) in [6.45, 7) is 0.641. The summed E-state index contributed by atoms with van der Waals surface area (Å²) >= 11 is 0. The Morgan fingerprint density at radius 2 is 2.04 bits per heavy atom. The highest BCUT2D eigenvalue weighted by molar-refractivity contribution is 5.80. The summed E-state index contributed by atoms with van der Waals surface area (Å²) in [6.07, 6.45) is 0.358. The Morgan fingerprint density at radius 1 is 1.24 bits per heavy atom. The Morgan fingerprint density at radius 3 is 2.72 bits per heavy atom. The maximum absolute atomic E-state index is 12.8. The zero-order chi connectivity index (χ0) is 17.6. The van der Waals surface area contributed by atoms with Crippen LogP contribution in [0.4, 0.5) is 13.2 Å². The van der Waals surface area contributed by atoms with Gasteiger partial charge in [-0.3, -0.25) is 14.5 Å². The van der Waals surface area contributed by atoms with Crippen LogP contribution in [0.15, 0.2) is 24.4 Å². The van der Waals surface area contributed by atoms with Gasteiger partial charge >= 0.3 is 6.18 Å². The average Bonchev–Trinajstić information content (AvgIpc) is 3.07. The lowest BCUT2D eigenvalue weighted by molar-refractivity contribution is -0.141. The summed E-state index contributed by atoms with van der Waals surface area (Å²) in [4.78, 5) is 15.5. The molecule has 132 valence electrons. The van der Waals surface area contributed by atoms with Crippen molar-refractivity contribution < 1.29 is 18.0 Å². The van der Waals surface area contributed by atoms with Gasteiger partial charge in [-0.15, -0.1) is 0 Å². The highest BCUT2D eigenvalue weighted by Gasteiger charge is 2.34. The van der Waals surface area contributed by atoms with Crippen molar-refractivity contribution in [3.63, 3.8) is 0 Å². The number of aromatic nitrogens is 3. The highest BCUT2D eigenvalue weighted by Crippen LogP contribution is 2.34. The Balaban J connectivity index is 1.56. The lowest BCUT2D eigenvalue weighted by atomic mass is 9.84. The Labute approximate surface area is 142 Å².